The number of halogens is 1. The van der Waals surface area contributed by atoms with E-state index in [4.69, 9.17) is 11.6 Å². The predicted molar refractivity (Wildman–Crippen MR) is 80.5 cm³/mol. The van der Waals surface area contributed by atoms with Gasteiger partial charge < -0.3 is 5.32 Å². The van der Waals surface area contributed by atoms with Gasteiger partial charge in [0.2, 0.25) is 15.9 Å². The van der Waals surface area contributed by atoms with Gasteiger partial charge in [-0.25, -0.2) is 13.1 Å². The van der Waals surface area contributed by atoms with E-state index >= 15 is 0 Å². The van der Waals surface area contributed by atoms with Crippen molar-refractivity contribution in [2.24, 2.45) is 0 Å². The number of amides is 1. The van der Waals surface area contributed by atoms with Gasteiger partial charge in [0, 0.05) is 24.5 Å². The van der Waals surface area contributed by atoms with Crippen molar-refractivity contribution in [2.75, 3.05) is 11.2 Å². The Labute approximate surface area is 124 Å². The molecule has 2 N–H and O–H groups in total. The number of hydrogen-bond donors (Lipinski definition) is 2. The highest BCUT2D eigenvalue weighted by atomic mass is 35.5. The molecule has 0 bridgehead atoms. The lowest BCUT2D eigenvalue weighted by Gasteiger charge is -2.16. The van der Waals surface area contributed by atoms with E-state index in [0.29, 0.717) is 24.4 Å². The van der Waals surface area contributed by atoms with E-state index in [2.05, 4.69) is 10.0 Å². The van der Waals surface area contributed by atoms with E-state index in [-0.39, 0.29) is 16.8 Å². The van der Waals surface area contributed by atoms with Gasteiger partial charge in [0.25, 0.3) is 0 Å². The molecule has 0 radical (unpaired) electrons. The van der Waals surface area contributed by atoms with Crippen molar-refractivity contribution in [3.63, 3.8) is 0 Å². The number of nitrogens with one attached hydrogen (secondary N) is 2. The highest BCUT2D eigenvalue weighted by molar-refractivity contribution is 7.89. The summed E-state index contributed by atoms with van der Waals surface area (Å²) in [6, 6.07) is 5.85. The summed E-state index contributed by atoms with van der Waals surface area (Å²) in [5.74, 6) is 0.203. The third kappa shape index (κ3) is 5.11. The number of sulfonamides is 1. The normalized spacial score (nSPS) is 12.9. The number of carbonyl (C=O) groups excluding carboxylic acids is 1. The lowest BCUT2D eigenvalue weighted by Crippen LogP contribution is -2.34. The van der Waals surface area contributed by atoms with Crippen LogP contribution in [0.4, 0.5) is 5.69 Å². The van der Waals surface area contributed by atoms with Gasteiger partial charge in [0.05, 0.1) is 4.90 Å². The molecule has 0 aromatic heterocycles. The Balaban J connectivity index is 2.84. The summed E-state index contributed by atoms with van der Waals surface area (Å²) in [7, 11) is -3.56. The molecule has 0 aliphatic rings. The summed E-state index contributed by atoms with van der Waals surface area (Å²) in [4.78, 5) is 11.1. The minimum Gasteiger partial charge on any atom is -0.326 e. The first kappa shape index (κ1) is 16.9. The van der Waals surface area contributed by atoms with Crippen LogP contribution < -0.4 is 10.0 Å². The number of alkyl halides is 1. The lowest BCUT2D eigenvalue weighted by molar-refractivity contribution is -0.114. The van der Waals surface area contributed by atoms with Crippen molar-refractivity contribution in [3.8, 4) is 0 Å². The number of rotatable bonds is 7. The molecule has 20 heavy (non-hydrogen) atoms. The maximum atomic E-state index is 12.2. The van der Waals surface area contributed by atoms with Crippen molar-refractivity contribution in [2.45, 2.75) is 37.6 Å². The topological polar surface area (TPSA) is 75.3 Å². The Morgan fingerprint density at radius 2 is 1.90 bits per heavy atom. The zero-order valence-electron chi connectivity index (χ0n) is 11.5. The van der Waals surface area contributed by atoms with Crippen molar-refractivity contribution in [3.05, 3.63) is 24.3 Å². The maximum absolute atomic E-state index is 12.2. The third-order valence-electron chi connectivity index (χ3n) is 2.76. The molecule has 0 fully saturated rings. The van der Waals surface area contributed by atoms with E-state index in [1.54, 1.807) is 12.1 Å². The van der Waals surface area contributed by atoms with Crippen LogP contribution in [0, 0.1) is 0 Å². The first-order valence-electron chi connectivity index (χ1n) is 6.35. The van der Waals surface area contributed by atoms with Gasteiger partial charge in [0.1, 0.15) is 0 Å². The fourth-order valence-corrected chi connectivity index (χ4v) is 3.30. The van der Waals surface area contributed by atoms with Crippen LogP contribution in [0.15, 0.2) is 29.2 Å². The lowest BCUT2D eigenvalue weighted by atomic mass is 10.2. The number of hydrogen-bond acceptors (Lipinski definition) is 3. The Bertz CT molecular complexity index is 543. The molecule has 1 rings (SSSR count). The molecule has 1 aromatic rings. The molecule has 0 heterocycles. The molecule has 0 saturated heterocycles. The average Bonchev–Trinajstić information content (AvgIpc) is 2.38. The van der Waals surface area contributed by atoms with Gasteiger partial charge in [-0.1, -0.05) is 6.92 Å². The molecular formula is C13H19ClN2O3S. The molecule has 0 aliphatic heterocycles. The minimum absolute atomic E-state index is 0.166. The van der Waals surface area contributed by atoms with Gasteiger partial charge in [0.15, 0.2) is 0 Å². The highest BCUT2D eigenvalue weighted by Crippen LogP contribution is 2.15. The van der Waals surface area contributed by atoms with Crippen LogP contribution in [-0.2, 0) is 14.8 Å². The second kappa shape index (κ2) is 7.61. The monoisotopic (exact) mass is 318 g/mol. The number of anilines is 1. The first-order valence-corrected chi connectivity index (χ1v) is 8.36. The smallest absolute Gasteiger partial charge is 0.240 e. The molecule has 1 unspecified atom stereocenters. The zero-order valence-corrected chi connectivity index (χ0v) is 13.1. The second-order valence-corrected chi connectivity index (χ2v) is 6.50. The SMILES string of the molecule is CCC(CCCl)NS(=O)(=O)c1ccc(NC(C)=O)cc1. The van der Waals surface area contributed by atoms with Crippen molar-refractivity contribution < 1.29 is 13.2 Å². The fraction of sp³-hybridized carbons (Fsp3) is 0.462. The van der Waals surface area contributed by atoms with E-state index in [0.717, 1.165) is 0 Å². The van der Waals surface area contributed by atoms with Crippen molar-refractivity contribution >= 4 is 33.2 Å². The summed E-state index contributed by atoms with van der Waals surface area (Å²) < 4.78 is 27.0. The Morgan fingerprint density at radius 1 is 1.30 bits per heavy atom. The minimum atomic E-state index is -3.56. The predicted octanol–water partition coefficient (Wildman–Crippen LogP) is 2.33. The molecule has 0 spiro atoms. The third-order valence-corrected chi connectivity index (χ3v) is 4.51. The van der Waals surface area contributed by atoms with Gasteiger partial charge in [-0.05, 0) is 37.1 Å². The molecular weight excluding hydrogens is 300 g/mol. The van der Waals surface area contributed by atoms with Gasteiger partial charge in [-0.3, -0.25) is 4.79 Å². The standard InChI is InChI=1S/C13H19ClN2O3S/c1-3-11(8-9-14)16-20(18,19)13-6-4-12(5-7-13)15-10(2)17/h4-7,11,16H,3,8-9H2,1-2H3,(H,15,17). The van der Waals surface area contributed by atoms with Crippen LogP contribution in [0.25, 0.3) is 0 Å². The van der Waals surface area contributed by atoms with Crippen LogP contribution in [0.5, 0.6) is 0 Å². The van der Waals surface area contributed by atoms with Crippen molar-refractivity contribution in [1.82, 2.24) is 4.72 Å². The molecule has 112 valence electrons. The molecule has 0 aliphatic carbocycles. The van der Waals surface area contributed by atoms with Crippen LogP contribution in [0.2, 0.25) is 0 Å². The van der Waals surface area contributed by atoms with E-state index < -0.39 is 10.0 Å². The Morgan fingerprint density at radius 3 is 2.35 bits per heavy atom. The molecule has 0 saturated carbocycles. The van der Waals surface area contributed by atoms with Crippen LogP contribution in [0.3, 0.4) is 0 Å². The fourth-order valence-electron chi connectivity index (χ4n) is 1.69. The van der Waals surface area contributed by atoms with Gasteiger partial charge in [-0.2, -0.15) is 0 Å². The summed E-state index contributed by atoms with van der Waals surface area (Å²) in [5, 5.41) is 2.58. The zero-order chi connectivity index (χ0) is 15.2. The van der Waals surface area contributed by atoms with Crippen molar-refractivity contribution in [1.29, 1.82) is 0 Å². The maximum Gasteiger partial charge on any atom is 0.240 e. The molecule has 1 aromatic carbocycles. The molecule has 1 atom stereocenters. The molecule has 5 nitrogen and oxygen atoms in total. The number of benzene rings is 1. The van der Waals surface area contributed by atoms with Gasteiger partial charge in [-0.15, -0.1) is 11.6 Å². The Hall–Kier alpha value is -1.11. The van der Waals surface area contributed by atoms with Crippen LogP contribution in [-0.4, -0.2) is 26.2 Å². The van der Waals surface area contributed by atoms with E-state index in [1.807, 2.05) is 6.92 Å². The Kier molecular flexibility index (Phi) is 6.45. The molecule has 1 amide bonds. The second-order valence-electron chi connectivity index (χ2n) is 4.41. The first-order chi connectivity index (χ1) is 9.39. The summed E-state index contributed by atoms with van der Waals surface area (Å²) in [5.41, 5.74) is 0.559. The number of carbonyl (C=O) groups is 1. The van der Waals surface area contributed by atoms with E-state index in [9.17, 15) is 13.2 Å². The van der Waals surface area contributed by atoms with Crippen LogP contribution >= 0.6 is 11.6 Å². The van der Waals surface area contributed by atoms with Crippen LogP contribution in [0.1, 0.15) is 26.7 Å². The summed E-state index contributed by atoms with van der Waals surface area (Å²) >= 11 is 5.64. The quantitative estimate of drug-likeness (QED) is 0.758. The van der Waals surface area contributed by atoms with E-state index in [1.165, 1.54) is 19.1 Å². The highest BCUT2D eigenvalue weighted by Gasteiger charge is 2.18. The summed E-state index contributed by atoms with van der Waals surface area (Å²) in [6.07, 6.45) is 1.26. The van der Waals surface area contributed by atoms with Gasteiger partial charge >= 0.3 is 0 Å². The average molecular weight is 319 g/mol. The summed E-state index contributed by atoms with van der Waals surface area (Å²) in [6.45, 7) is 3.30. The largest absolute Gasteiger partial charge is 0.326 e. The molecule has 7 heteroatoms.